The first-order chi connectivity index (χ1) is 2.81. The predicted octanol–water partition coefficient (Wildman–Crippen LogP) is 0.140. The van der Waals surface area contributed by atoms with Crippen LogP contribution < -0.4 is 5.32 Å². The quantitative estimate of drug-likeness (QED) is 0.461. The Bertz CT molecular complexity index is 23.1. The van der Waals surface area contributed by atoms with E-state index in [2.05, 4.69) is 20.9 Å². The lowest BCUT2D eigenvalue weighted by Gasteiger charge is -2.04. The molecule has 0 bridgehead atoms. The molecular weight excluding hydrogens is 74.1 g/mol. The van der Waals surface area contributed by atoms with E-state index >= 15 is 0 Å². The number of nitrogens with two attached hydrogens (primary N) is 1. The fourth-order valence-electron chi connectivity index (χ4n) is 0.167. The molecule has 0 saturated carbocycles. The van der Waals surface area contributed by atoms with Crippen molar-refractivity contribution in [3.8, 4) is 0 Å². The summed E-state index contributed by atoms with van der Waals surface area (Å²) in [6, 6.07) is 0.699. The Morgan fingerprint density at radius 1 is 1.83 bits per heavy atom. The van der Waals surface area contributed by atoms with Gasteiger partial charge in [0.2, 0.25) is 0 Å². The van der Waals surface area contributed by atoms with Crippen molar-refractivity contribution >= 4 is 0 Å². The van der Waals surface area contributed by atoms with Crippen LogP contribution in [0.5, 0.6) is 0 Å². The summed E-state index contributed by atoms with van der Waals surface area (Å²) in [5.74, 6) is 0. The van der Waals surface area contributed by atoms with Crippen LogP contribution in [-0.2, 0) is 0 Å². The van der Waals surface area contributed by atoms with Crippen LogP contribution in [0.2, 0.25) is 0 Å². The Morgan fingerprint density at radius 3 is 2.33 bits per heavy atom. The molecule has 0 aliphatic carbocycles. The molecule has 0 aromatic heterocycles. The van der Waals surface area contributed by atoms with Crippen molar-refractivity contribution in [1.29, 1.82) is 0 Å². The maximum Gasteiger partial charge on any atom is 0.0588 e. The van der Waals surface area contributed by atoms with E-state index in [0.717, 1.165) is 0 Å². The Labute approximate surface area is 39.7 Å². The molecule has 1 atom stereocenters. The lowest BCUT2D eigenvalue weighted by molar-refractivity contribution is -0.630. The molecule has 0 spiro atoms. The fourth-order valence-corrected chi connectivity index (χ4v) is 0.167. The van der Waals surface area contributed by atoms with Gasteiger partial charge < -0.3 is 5.32 Å². The van der Waals surface area contributed by atoms with Gasteiger partial charge >= 0.3 is 0 Å². The van der Waals surface area contributed by atoms with Crippen LogP contribution in [-0.4, -0.2) is 6.04 Å². The second-order valence-corrected chi connectivity index (χ2v) is 1.62. The summed E-state index contributed by atoms with van der Waals surface area (Å²) in [5.41, 5.74) is 0. The molecule has 0 saturated heterocycles. The van der Waals surface area contributed by atoms with E-state index in [4.69, 9.17) is 0 Å². The highest BCUT2D eigenvalue weighted by molar-refractivity contribution is 4.34. The maximum atomic E-state index is 3.63. The number of hydrogen-bond donors (Lipinski definition) is 1. The minimum absolute atomic E-state index is 0.699. The summed E-state index contributed by atoms with van der Waals surface area (Å²) in [5, 5.41) is 1.97. The highest BCUT2D eigenvalue weighted by Crippen LogP contribution is 1.75. The predicted molar refractivity (Wildman–Crippen MR) is 27.0 cm³/mol. The van der Waals surface area contributed by atoms with E-state index < -0.39 is 0 Å². The lowest BCUT2D eigenvalue weighted by atomic mass is 10.3. The van der Waals surface area contributed by atoms with E-state index in [1.54, 1.807) is 0 Å². The van der Waals surface area contributed by atoms with Gasteiger partial charge in [-0.3, -0.25) is 0 Å². The first-order valence-corrected chi connectivity index (χ1v) is 2.43. The number of rotatable bonds is 2. The van der Waals surface area contributed by atoms with Gasteiger partial charge in [0.05, 0.1) is 6.04 Å². The summed E-state index contributed by atoms with van der Waals surface area (Å²) in [4.78, 5) is 0. The smallest absolute Gasteiger partial charge is 0.0588 e. The highest BCUT2D eigenvalue weighted by atomic mass is 14.8. The first-order valence-electron chi connectivity index (χ1n) is 2.43. The van der Waals surface area contributed by atoms with Gasteiger partial charge in [-0.2, -0.15) is 7.05 Å². The van der Waals surface area contributed by atoms with Gasteiger partial charge in [-0.25, -0.2) is 0 Å². The van der Waals surface area contributed by atoms with Crippen LogP contribution in [0.15, 0.2) is 0 Å². The highest BCUT2D eigenvalue weighted by Gasteiger charge is 1.87. The van der Waals surface area contributed by atoms with Crippen LogP contribution >= 0.6 is 0 Å². The lowest BCUT2D eigenvalue weighted by Crippen LogP contribution is -2.82. The molecule has 0 unspecified atom stereocenters. The third-order valence-corrected chi connectivity index (χ3v) is 1.05. The first kappa shape index (κ1) is 5.96. The van der Waals surface area contributed by atoms with Crippen molar-refractivity contribution in [3.05, 3.63) is 7.05 Å². The minimum atomic E-state index is 0.699. The maximum absolute atomic E-state index is 3.63. The molecule has 0 amide bonds. The Morgan fingerprint density at radius 2 is 2.33 bits per heavy atom. The summed E-state index contributed by atoms with van der Waals surface area (Å²) < 4.78 is 0. The summed E-state index contributed by atoms with van der Waals surface area (Å²) >= 11 is 0. The average Bonchev–Trinajstić information content (AvgIpc) is 1.65. The van der Waals surface area contributed by atoms with Gasteiger partial charge in [0.25, 0.3) is 0 Å². The molecule has 0 fully saturated rings. The zero-order valence-corrected chi connectivity index (χ0v) is 4.57. The number of hydrogen-bond acceptors (Lipinski definition) is 0. The normalized spacial score (nSPS) is 14.5. The van der Waals surface area contributed by atoms with Crippen LogP contribution in [0.4, 0.5) is 0 Å². The summed E-state index contributed by atoms with van der Waals surface area (Å²) in [6.45, 7) is 4.32. The summed E-state index contributed by atoms with van der Waals surface area (Å²) in [7, 11) is 3.63. The van der Waals surface area contributed by atoms with Gasteiger partial charge in [0.15, 0.2) is 0 Å². The third kappa shape index (κ3) is 2.21. The Balaban J connectivity index is 2.75. The monoisotopic (exact) mass is 87.1 g/mol. The fraction of sp³-hybridized carbons (Fsp3) is 0.800. The van der Waals surface area contributed by atoms with Crippen LogP contribution in [0.3, 0.4) is 0 Å². The van der Waals surface area contributed by atoms with E-state index in [-0.39, 0.29) is 0 Å². The standard InChI is InChI=1S/C5H13N/c1-4-5(2)6-3/h5H,3-4,6H2,1-2H3/t5-/m0/s1. The van der Waals surface area contributed by atoms with E-state index in [0.29, 0.717) is 6.04 Å². The molecule has 6 heavy (non-hydrogen) atoms. The van der Waals surface area contributed by atoms with Crippen LogP contribution in [0.1, 0.15) is 20.3 Å². The largest absolute Gasteiger partial charge is 0.477 e. The average molecular weight is 87.2 g/mol. The zero-order valence-electron chi connectivity index (χ0n) is 4.57. The SMILES string of the molecule is [CH2-][NH2+][C@@H](C)CC. The van der Waals surface area contributed by atoms with Crippen molar-refractivity contribution in [2.24, 2.45) is 0 Å². The minimum Gasteiger partial charge on any atom is -0.477 e. The molecule has 0 aromatic carbocycles. The van der Waals surface area contributed by atoms with Crippen molar-refractivity contribution in [2.45, 2.75) is 26.3 Å². The van der Waals surface area contributed by atoms with Crippen molar-refractivity contribution in [2.75, 3.05) is 0 Å². The van der Waals surface area contributed by atoms with E-state index in [9.17, 15) is 0 Å². The van der Waals surface area contributed by atoms with Crippen LogP contribution in [0, 0.1) is 7.05 Å². The Hall–Kier alpha value is -0.0400. The molecule has 2 N–H and O–H groups in total. The Kier molecular flexibility index (Phi) is 3.14. The molecule has 0 aliphatic heterocycles. The molecular formula is C5H13N. The third-order valence-electron chi connectivity index (χ3n) is 1.05. The molecule has 38 valence electrons. The van der Waals surface area contributed by atoms with Gasteiger partial charge in [0.1, 0.15) is 0 Å². The van der Waals surface area contributed by atoms with Gasteiger partial charge in [-0.05, 0) is 13.3 Å². The second kappa shape index (κ2) is 3.16. The van der Waals surface area contributed by atoms with E-state index in [1.807, 2.05) is 5.32 Å². The summed E-state index contributed by atoms with van der Waals surface area (Å²) in [6.07, 6.45) is 1.21. The molecule has 0 rings (SSSR count). The zero-order chi connectivity index (χ0) is 4.99. The van der Waals surface area contributed by atoms with E-state index in [1.165, 1.54) is 6.42 Å². The molecule has 0 aliphatic rings. The van der Waals surface area contributed by atoms with Gasteiger partial charge in [-0.1, -0.05) is 6.92 Å². The molecule has 1 nitrogen and oxygen atoms in total. The molecule has 0 radical (unpaired) electrons. The van der Waals surface area contributed by atoms with Gasteiger partial charge in [-0.15, -0.1) is 0 Å². The molecule has 1 heteroatoms. The second-order valence-electron chi connectivity index (χ2n) is 1.62. The van der Waals surface area contributed by atoms with Crippen molar-refractivity contribution in [1.82, 2.24) is 0 Å². The van der Waals surface area contributed by atoms with Gasteiger partial charge in [0, 0.05) is 0 Å². The van der Waals surface area contributed by atoms with Crippen molar-refractivity contribution in [3.63, 3.8) is 0 Å². The van der Waals surface area contributed by atoms with Crippen LogP contribution in [0.25, 0.3) is 0 Å². The molecule has 0 heterocycles. The topological polar surface area (TPSA) is 16.6 Å². The number of quaternary nitrogens is 1. The molecule has 0 aromatic rings. The van der Waals surface area contributed by atoms with Crippen molar-refractivity contribution < 1.29 is 5.32 Å².